The number of fused-ring (bicyclic) bond motifs is 2. The molecule has 0 saturated carbocycles. The summed E-state index contributed by atoms with van der Waals surface area (Å²) in [6, 6.07) is 0. The Kier molecular flexibility index (Phi) is 9.04. The van der Waals surface area contributed by atoms with Crippen molar-refractivity contribution >= 4 is 12.3 Å². The quantitative estimate of drug-likeness (QED) is 0.159. The number of aliphatic hydroxyl groups excluding tert-OH is 3. The molecule has 4 N–H and O–H groups in total. The molecule has 12 nitrogen and oxygen atoms in total. The largest absolute Gasteiger partial charge is 0.394 e. The first-order valence-electron chi connectivity index (χ1n) is 10.9. The van der Waals surface area contributed by atoms with E-state index in [4.69, 9.17) is 33.1 Å². The lowest BCUT2D eigenvalue weighted by Gasteiger charge is -2.48. The van der Waals surface area contributed by atoms with Crippen LogP contribution in [-0.4, -0.2) is 101 Å². The first kappa shape index (κ1) is 27.5. The fraction of sp³-hybridized carbons (Fsp3) is 1.00. The molecular formula is C20H36O12S. The maximum Gasteiger partial charge on any atom is 0.198 e. The van der Waals surface area contributed by atoms with Crippen molar-refractivity contribution in [2.24, 2.45) is 5.41 Å². The van der Waals surface area contributed by atoms with Crippen LogP contribution in [0.1, 0.15) is 41.5 Å². The smallest absolute Gasteiger partial charge is 0.198 e. The van der Waals surface area contributed by atoms with Crippen molar-refractivity contribution in [2.45, 2.75) is 108 Å². The molecule has 3 rings (SSSR count). The van der Waals surface area contributed by atoms with Crippen LogP contribution >= 0.6 is 12.3 Å². The summed E-state index contributed by atoms with van der Waals surface area (Å²) in [7, 11) is 0. The molecular weight excluding hydrogens is 464 g/mol. The molecule has 3 aliphatic rings. The fourth-order valence-corrected chi connectivity index (χ4v) is 4.76. The second-order valence-corrected chi connectivity index (χ2v) is 11.0. The van der Waals surface area contributed by atoms with Gasteiger partial charge in [0.1, 0.15) is 48.8 Å². The summed E-state index contributed by atoms with van der Waals surface area (Å²) in [6.45, 7) is 11.0. The van der Waals surface area contributed by atoms with Crippen molar-refractivity contribution in [3.8, 4) is 0 Å². The van der Waals surface area contributed by atoms with Crippen molar-refractivity contribution in [3.63, 3.8) is 0 Å². The van der Waals surface area contributed by atoms with Crippen molar-refractivity contribution in [2.75, 3.05) is 13.2 Å². The fourth-order valence-electron chi connectivity index (χ4n) is 4.38. The average molecular weight is 501 g/mol. The lowest BCUT2D eigenvalue weighted by atomic mass is 9.81. The molecule has 33 heavy (non-hydrogen) atoms. The Hall–Kier alpha value is -0.130. The number of ether oxygens (including phenoxy) is 5. The Labute approximate surface area is 197 Å². The summed E-state index contributed by atoms with van der Waals surface area (Å²) in [5.74, 6) is 0. The highest BCUT2D eigenvalue weighted by Crippen LogP contribution is 2.40. The molecule has 0 aromatic rings. The van der Waals surface area contributed by atoms with Gasteiger partial charge in [-0.05, 0) is 26.2 Å². The SMILES string of the molecule is CC(C)(C)O[C@H]1C(O)[C@H](O[C@@H]2C3OC[C@@H]2O[C@H](C(C)(C)C)C3O)OC(CO)[C@@H]1OSOOO. The second-order valence-electron chi connectivity index (χ2n) is 10.5. The molecule has 0 aliphatic carbocycles. The van der Waals surface area contributed by atoms with E-state index in [-0.39, 0.29) is 12.0 Å². The van der Waals surface area contributed by atoms with Gasteiger partial charge in [0, 0.05) is 0 Å². The Morgan fingerprint density at radius 2 is 1.67 bits per heavy atom. The summed E-state index contributed by atoms with van der Waals surface area (Å²) >= 11 is 0.293. The lowest BCUT2D eigenvalue weighted by Crippen LogP contribution is -2.64. The van der Waals surface area contributed by atoms with Crippen molar-refractivity contribution in [1.29, 1.82) is 0 Å². The molecule has 0 aromatic heterocycles. The van der Waals surface area contributed by atoms with E-state index >= 15 is 0 Å². The van der Waals surface area contributed by atoms with Gasteiger partial charge in [0.05, 0.1) is 24.9 Å². The normalized spacial score (nSPS) is 42.0. The maximum absolute atomic E-state index is 11.1. The minimum Gasteiger partial charge on any atom is -0.394 e. The molecule has 0 spiro atoms. The van der Waals surface area contributed by atoms with E-state index in [1.807, 2.05) is 20.8 Å². The minimum absolute atomic E-state index is 0.230. The van der Waals surface area contributed by atoms with Gasteiger partial charge in [-0.3, -0.25) is 4.18 Å². The molecule has 194 valence electrons. The van der Waals surface area contributed by atoms with E-state index in [1.54, 1.807) is 20.8 Å². The standard InChI is InChI=1S/C20H36O12S/c1-19(2,3)17-11(22)15-13(10(26-17)8-25-15)28-18-12(23)16(29-20(4,5)6)14(9(7-21)27-18)30-33-32-31-24/h9-18,21-24H,7-8H2,1-6H3/t9?,10-,11?,12?,13-,14-,15?,16-,17-,18-/m0/s1. The van der Waals surface area contributed by atoms with Crippen LogP contribution < -0.4 is 0 Å². The summed E-state index contributed by atoms with van der Waals surface area (Å²) in [4.78, 5) is 0. The summed E-state index contributed by atoms with van der Waals surface area (Å²) in [6.07, 6.45) is -8.78. The molecule has 0 aromatic carbocycles. The molecule has 13 heteroatoms. The molecule has 3 aliphatic heterocycles. The van der Waals surface area contributed by atoms with Gasteiger partial charge in [-0.15, -0.1) is 4.33 Å². The third kappa shape index (κ3) is 6.36. The van der Waals surface area contributed by atoms with Crippen LogP contribution in [0.5, 0.6) is 0 Å². The Morgan fingerprint density at radius 1 is 0.970 bits per heavy atom. The van der Waals surface area contributed by atoms with Crippen molar-refractivity contribution < 1.29 is 57.8 Å². The summed E-state index contributed by atoms with van der Waals surface area (Å²) in [5, 5.41) is 43.7. The molecule has 2 bridgehead atoms. The van der Waals surface area contributed by atoms with Crippen LogP contribution in [0.2, 0.25) is 0 Å². The first-order valence-corrected chi connectivity index (χ1v) is 11.6. The van der Waals surface area contributed by atoms with Gasteiger partial charge in [0.25, 0.3) is 0 Å². The summed E-state index contributed by atoms with van der Waals surface area (Å²) in [5.41, 5.74) is -1.01. The highest BCUT2D eigenvalue weighted by Gasteiger charge is 2.57. The highest BCUT2D eigenvalue weighted by atomic mass is 32.2. The van der Waals surface area contributed by atoms with Crippen molar-refractivity contribution in [3.05, 3.63) is 0 Å². The molecule has 0 amide bonds. The van der Waals surface area contributed by atoms with Crippen LogP contribution in [0.4, 0.5) is 0 Å². The highest BCUT2D eigenvalue weighted by molar-refractivity contribution is 7.89. The predicted octanol–water partition coefficient (Wildman–Crippen LogP) is 0.576. The zero-order chi connectivity index (χ0) is 24.6. The van der Waals surface area contributed by atoms with E-state index in [1.165, 1.54) is 0 Å². The van der Waals surface area contributed by atoms with Crippen LogP contribution in [0.25, 0.3) is 0 Å². The zero-order valence-corrected chi connectivity index (χ0v) is 20.5. The van der Waals surface area contributed by atoms with Crippen LogP contribution in [0.3, 0.4) is 0 Å². The van der Waals surface area contributed by atoms with Gasteiger partial charge in [-0.25, -0.2) is 5.26 Å². The van der Waals surface area contributed by atoms with Crippen LogP contribution in [0.15, 0.2) is 0 Å². The lowest BCUT2D eigenvalue weighted by molar-refractivity contribution is -0.435. The van der Waals surface area contributed by atoms with Gasteiger partial charge in [0.15, 0.2) is 18.6 Å². The topological polar surface area (TPSA) is 155 Å². The van der Waals surface area contributed by atoms with Crippen LogP contribution in [-0.2, 0) is 37.2 Å². The van der Waals surface area contributed by atoms with Gasteiger partial charge >= 0.3 is 0 Å². The van der Waals surface area contributed by atoms with E-state index in [9.17, 15) is 15.3 Å². The van der Waals surface area contributed by atoms with Gasteiger partial charge in [-0.1, -0.05) is 25.8 Å². The molecule has 10 atom stereocenters. The second kappa shape index (κ2) is 10.9. The zero-order valence-electron chi connectivity index (χ0n) is 19.7. The van der Waals surface area contributed by atoms with E-state index < -0.39 is 73.4 Å². The van der Waals surface area contributed by atoms with E-state index in [0.717, 1.165) is 0 Å². The van der Waals surface area contributed by atoms with Gasteiger partial charge in [-0.2, -0.15) is 0 Å². The molecule has 0 radical (unpaired) electrons. The molecule has 3 fully saturated rings. The van der Waals surface area contributed by atoms with Crippen LogP contribution in [0, 0.1) is 5.41 Å². The van der Waals surface area contributed by atoms with E-state index in [0.29, 0.717) is 12.3 Å². The monoisotopic (exact) mass is 500 g/mol. The first-order chi connectivity index (χ1) is 15.4. The molecule has 4 unspecified atom stereocenters. The number of aliphatic hydroxyl groups is 3. The Morgan fingerprint density at radius 3 is 2.24 bits per heavy atom. The minimum atomic E-state index is -1.34. The Balaban J connectivity index is 1.77. The number of hydrogen-bond acceptors (Lipinski definition) is 13. The van der Waals surface area contributed by atoms with Gasteiger partial charge in [0.2, 0.25) is 0 Å². The van der Waals surface area contributed by atoms with Gasteiger partial charge < -0.3 is 39.0 Å². The number of rotatable bonds is 8. The van der Waals surface area contributed by atoms with Crippen molar-refractivity contribution in [1.82, 2.24) is 0 Å². The Bertz CT molecular complexity index is 625. The molecule has 3 heterocycles. The molecule has 3 saturated heterocycles. The van der Waals surface area contributed by atoms with E-state index in [2.05, 4.69) is 9.37 Å². The predicted molar refractivity (Wildman–Crippen MR) is 112 cm³/mol. The third-order valence-electron chi connectivity index (χ3n) is 5.75. The number of hydrogen-bond donors (Lipinski definition) is 4. The average Bonchev–Trinajstić information content (AvgIpc) is 3.01. The third-order valence-corrected chi connectivity index (χ3v) is 6.17. The maximum atomic E-state index is 11.1. The summed E-state index contributed by atoms with van der Waals surface area (Å²) < 4.78 is 39.4.